The molecule has 1 aromatic carbocycles. The SMILES string of the molecule is CCn1nc(-c2noc(-c3ccc(CCN4CCC(C(=O)O)CC4)c(C)c3)n2)c2c1CC(C)(C)CC2. The maximum Gasteiger partial charge on any atom is 0.306 e. The number of aromatic nitrogens is 4. The minimum atomic E-state index is -0.659. The monoisotopic (exact) mass is 491 g/mol. The largest absolute Gasteiger partial charge is 0.481 e. The zero-order valence-corrected chi connectivity index (χ0v) is 21.9. The number of hydrogen-bond donors (Lipinski definition) is 1. The van der Waals surface area contributed by atoms with Crippen LogP contribution in [-0.2, 0) is 30.6 Å². The summed E-state index contributed by atoms with van der Waals surface area (Å²) in [5, 5.41) is 18.4. The van der Waals surface area contributed by atoms with E-state index >= 15 is 0 Å². The standard InChI is InChI=1S/C28H37N5O3/c1-5-33-23-17-28(3,4)12-8-22(23)24(30-33)25-29-26(36-31-25)21-7-6-19(18(2)16-21)9-13-32-14-10-20(11-15-32)27(34)35/h6-7,16,20H,5,8-15,17H2,1-4H3,(H,34,35). The van der Waals surface area contributed by atoms with E-state index in [4.69, 9.17) is 14.6 Å². The quantitative estimate of drug-likeness (QED) is 0.508. The van der Waals surface area contributed by atoms with Gasteiger partial charge in [0.25, 0.3) is 5.89 Å². The maximum absolute atomic E-state index is 11.2. The van der Waals surface area contributed by atoms with E-state index in [1.807, 2.05) is 0 Å². The predicted molar refractivity (Wildman–Crippen MR) is 138 cm³/mol. The van der Waals surface area contributed by atoms with Crippen molar-refractivity contribution in [3.8, 4) is 23.0 Å². The summed E-state index contributed by atoms with van der Waals surface area (Å²) in [7, 11) is 0. The first-order valence-corrected chi connectivity index (χ1v) is 13.2. The summed E-state index contributed by atoms with van der Waals surface area (Å²) in [6.45, 7) is 12.4. The topological polar surface area (TPSA) is 97.3 Å². The van der Waals surface area contributed by atoms with E-state index in [1.165, 1.54) is 22.4 Å². The van der Waals surface area contributed by atoms with Crippen LogP contribution < -0.4 is 0 Å². The molecular weight excluding hydrogens is 454 g/mol. The minimum Gasteiger partial charge on any atom is -0.481 e. The second kappa shape index (κ2) is 9.81. The first-order chi connectivity index (χ1) is 17.2. The molecule has 2 aromatic heterocycles. The molecule has 8 nitrogen and oxygen atoms in total. The van der Waals surface area contributed by atoms with Crippen LogP contribution in [0.15, 0.2) is 22.7 Å². The normalized spacial score (nSPS) is 18.3. The van der Waals surface area contributed by atoms with Gasteiger partial charge in [0.15, 0.2) is 0 Å². The fourth-order valence-corrected chi connectivity index (χ4v) is 5.67. The number of fused-ring (bicyclic) bond motifs is 1. The first-order valence-electron chi connectivity index (χ1n) is 13.2. The fourth-order valence-electron chi connectivity index (χ4n) is 5.67. The number of aryl methyl sites for hydroxylation is 2. The molecule has 0 atom stereocenters. The molecule has 36 heavy (non-hydrogen) atoms. The Bertz CT molecular complexity index is 1250. The second-order valence-electron chi connectivity index (χ2n) is 11.2. The van der Waals surface area contributed by atoms with Crippen molar-refractivity contribution in [1.82, 2.24) is 24.8 Å². The molecule has 192 valence electrons. The number of aliphatic carboxylic acids is 1. The minimum absolute atomic E-state index is 0.186. The summed E-state index contributed by atoms with van der Waals surface area (Å²) in [6, 6.07) is 6.32. The van der Waals surface area contributed by atoms with Gasteiger partial charge in [-0.25, -0.2) is 0 Å². The van der Waals surface area contributed by atoms with Gasteiger partial charge in [0.2, 0.25) is 5.82 Å². The van der Waals surface area contributed by atoms with Crippen LogP contribution in [0.25, 0.3) is 23.0 Å². The van der Waals surface area contributed by atoms with Crippen LogP contribution in [-0.4, -0.2) is 55.5 Å². The molecule has 1 N–H and O–H groups in total. The van der Waals surface area contributed by atoms with Crippen molar-refractivity contribution in [2.75, 3.05) is 19.6 Å². The highest BCUT2D eigenvalue weighted by Crippen LogP contribution is 2.38. The van der Waals surface area contributed by atoms with Crippen LogP contribution in [0.2, 0.25) is 0 Å². The van der Waals surface area contributed by atoms with Gasteiger partial charge in [0, 0.05) is 29.9 Å². The van der Waals surface area contributed by atoms with Crippen molar-refractivity contribution in [3.63, 3.8) is 0 Å². The third-order valence-corrected chi connectivity index (χ3v) is 8.03. The van der Waals surface area contributed by atoms with Crippen molar-refractivity contribution in [2.24, 2.45) is 11.3 Å². The zero-order valence-electron chi connectivity index (χ0n) is 21.9. The van der Waals surface area contributed by atoms with Gasteiger partial charge in [-0.05, 0) is 94.1 Å². The summed E-state index contributed by atoms with van der Waals surface area (Å²) < 4.78 is 7.79. The molecule has 0 radical (unpaired) electrons. The number of carboxylic acid groups (broad SMARTS) is 1. The van der Waals surface area contributed by atoms with E-state index in [9.17, 15) is 9.90 Å². The van der Waals surface area contributed by atoms with E-state index in [2.05, 4.69) is 60.6 Å². The van der Waals surface area contributed by atoms with E-state index in [-0.39, 0.29) is 11.3 Å². The van der Waals surface area contributed by atoms with Crippen LogP contribution in [0.5, 0.6) is 0 Å². The highest BCUT2D eigenvalue weighted by atomic mass is 16.5. The zero-order chi connectivity index (χ0) is 25.4. The average Bonchev–Trinajstić information content (AvgIpc) is 3.47. The highest BCUT2D eigenvalue weighted by molar-refractivity contribution is 5.70. The third kappa shape index (κ3) is 4.96. The molecule has 8 heteroatoms. The number of hydrogen-bond acceptors (Lipinski definition) is 6. The Labute approximate surface area is 212 Å². The number of carbonyl (C=O) groups is 1. The van der Waals surface area contributed by atoms with Crippen LogP contribution in [0.3, 0.4) is 0 Å². The fraction of sp³-hybridized carbons (Fsp3) is 0.571. The maximum atomic E-state index is 11.2. The summed E-state index contributed by atoms with van der Waals surface area (Å²) in [6.07, 6.45) is 5.56. The predicted octanol–water partition coefficient (Wildman–Crippen LogP) is 4.78. The lowest BCUT2D eigenvalue weighted by atomic mass is 9.76. The van der Waals surface area contributed by atoms with Crippen LogP contribution >= 0.6 is 0 Å². The van der Waals surface area contributed by atoms with Gasteiger partial charge in [-0.2, -0.15) is 10.1 Å². The molecule has 5 rings (SSSR count). The van der Waals surface area contributed by atoms with Crippen LogP contribution in [0.4, 0.5) is 0 Å². The van der Waals surface area contributed by atoms with Crippen molar-refractivity contribution in [2.45, 2.75) is 72.8 Å². The molecule has 2 aliphatic rings. The van der Waals surface area contributed by atoms with Gasteiger partial charge < -0.3 is 14.5 Å². The van der Waals surface area contributed by atoms with E-state index in [0.717, 1.165) is 76.0 Å². The second-order valence-corrected chi connectivity index (χ2v) is 11.2. The molecule has 0 bridgehead atoms. The number of piperidine rings is 1. The Morgan fingerprint density at radius 2 is 2.03 bits per heavy atom. The Balaban J connectivity index is 1.28. The molecule has 0 spiro atoms. The third-order valence-electron chi connectivity index (χ3n) is 8.03. The molecule has 0 unspecified atom stereocenters. The van der Waals surface area contributed by atoms with Crippen molar-refractivity contribution in [1.29, 1.82) is 0 Å². The smallest absolute Gasteiger partial charge is 0.306 e. The van der Waals surface area contributed by atoms with E-state index in [0.29, 0.717) is 11.7 Å². The van der Waals surface area contributed by atoms with Gasteiger partial charge in [-0.3, -0.25) is 9.48 Å². The molecule has 3 aromatic rings. The summed E-state index contributed by atoms with van der Waals surface area (Å²) in [5.41, 5.74) is 7.12. The van der Waals surface area contributed by atoms with Crippen LogP contribution in [0.1, 0.15) is 62.4 Å². The molecule has 1 fully saturated rings. The van der Waals surface area contributed by atoms with Gasteiger partial charge in [0.05, 0.1) is 5.92 Å². The molecule has 0 amide bonds. The number of carboxylic acids is 1. The van der Waals surface area contributed by atoms with Gasteiger partial charge >= 0.3 is 5.97 Å². The van der Waals surface area contributed by atoms with E-state index in [1.54, 1.807) is 0 Å². The van der Waals surface area contributed by atoms with Crippen molar-refractivity contribution < 1.29 is 14.4 Å². The Kier molecular flexibility index (Phi) is 6.72. The Hall–Kier alpha value is -3.00. The highest BCUT2D eigenvalue weighted by Gasteiger charge is 2.32. The number of benzene rings is 1. The van der Waals surface area contributed by atoms with Gasteiger partial charge in [-0.15, -0.1) is 0 Å². The van der Waals surface area contributed by atoms with Crippen LogP contribution in [0, 0.1) is 18.3 Å². The summed E-state index contributed by atoms with van der Waals surface area (Å²) in [5.74, 6) is 0.244. The number of nitrogens with zero attached hydrogens (tertiary/aromatic N) is 5. The molecule has 0 saturated carbocycles. The number of rotatable bonds is 7. The molecular formula is C28H37N5O3. The lowest BCUT2D eigenvalue weighted by Gasteiger charge is -2.30. The molecule has 1 saturated heterocycles. The Morgan fingerprint density at radius 3 is 2.72 bits per heavy atom. The lowest BCUT2D eigenvalue weighted by Crippen LogP contribution is -2.37. The molecule has 1 aliphatic heterocycles. The van der Waals surface area contributed by atoms with Crippen molar-refractivity contribution >= 4 is 5.97 Å². The summed E-state index contributed by atoms with van der Waals surface area (Å²) in [4.78, 5) is 18.3. The average molecular weight is 492 g/mol. The summed E-state index contributed by atoms with van der Waals surface area (Å²) >= 11 is 0. The number of likely N-dealkylation sites (tertiary alicyclic amines) is 1. The molecule has 3 heterocycles. The first kappa shape index (κ1) is 24.7. The van der Waals surface area contributed by atoms with Gasteiger partial charge in [0.1, 0.15) is 5.69 Å². The Morgan fingerprint density at radius 1 is 1.25 bits per heavy atom. The molecule has 1 aliphatic carbocycles. The lowest BCUT2D eigenvalue weighted by molar-refractivity contribution is -0.143. The van der Waals surface area contributed by atoms with E-state index < -0.39 is 5.97 Å². The van der Waals surface area contributed by atoms with Crippen molar-refractivity contribution in [3.05, 3.63) is 40.6 Å². The van der Waals surface area contributed by atoms with Gasteiger partial charge in [-0.1, -0.05) is 25.1 Å².